The van der Waals surface area contributed by atoms with Crippen molar-refractivity contribution in [3.63, 3.8) is 0 Å². The van der Waals surface area contributed by atoms with Gasteiger partial charge in [0.2, 0.25) is 0 Å². The van der Waals surface area contributed by atoms with Gasteiger partial charge in [0.05, 0.1) is 0 Å². The highest BCUT2D eigenvalue weighted by atomic mass is 19.2. The maximum atomic E-state index is 14.0. The van der Waals surface area contributed by atoms with Gasteiger partial charge in [-0.1, -0.05) is 32.1 Å². The predicted octanol–water partition coefficient (Wildman–Crippen LogP) is 6.60. The fraction of sp³-hybridized carbons (Fsp3) is 0.727. The molecule has 2 fully saturated rings. The van der Waals surface area contributed by atoms with E-state index in [1.54, 1.807) is 0 Å². The fourth-order valence-electron chi connectivity index (χ4n) is 5.94. The molecule has 3 aliphatic rings. The minimum Gasteiger partial charge on any atom is -0.204 e. The molecule has 4 rings (SSSR count). The molecule has 1 aromatic carbocycles. The van der Waals surface area contributed by atoms with Gasteiger partial charge in [-0.2, -0.15) is 0 Å². The first-order chi connectivity index (χ1) is 12.1. The van der Waals surface area contributed by atoms with Crippen LogP contribution in [0.15, 0.2) is 6.07 Å². The molecule has 0 spiro atoms. The Kier molecular flexibility index (Phi) is 5.11. The van der Waals surface area contributed by atoms with Gasteiger partial charge in [-0.3, -0.25) is 0 Å². The second kappa shape index (κ2) is 7.32. The van der Waals surface area contributed by atoms with Crippen molar-refractivity contribution in [1.29, 1.82) is 0 Å². The first-order valence-electron chi connectivity index (χ1n) is 10.3. The molecule has 3 heteroatoms. The quantitative estimate of drug-likeness (QED) is 0.527. The maximum Gasteiger partial charge on any atom is 0.194 e. The molecule has 1 atom stereocenters. The molecular weight excluding hydrogens is 321 g/mol. The molecular formula is C22H29F3. The topological polar surface area (TPSA) is 0 Å². The molecule has 138 valence electrons. The van der Waals surface area contributed by atoms with E-state index in [4.69, 9.17) is 0 Å². The lowest BCUT2D eigenvalue weighted by atomic mass is 9.66. The van der Waals surface area contributed by atoms with Crippen molar-refractivity contribution in [2.24, 2.45) is 23.7 Å². The average Bonchev–Trinajstić information content (AvgIpc) is 2.67. The van der Waals surface area contributed by atoms with E-state index in [-0.39, 0.29) is 0 Å². The lowest BCUT2D eigenvalue weighted by Gasteiger charge is -2.40. The largest absolute Gasteiger partial charge is 0.204 e. The van der Waals surface area contributed by atoms with Crippen molar-refractivity contribution in [3.8, 4) is 0 Å². The van der Waals surface area contributed by atoms with E-state index < -0.39 is 17.5 Å². The van der Waals surface area contributed by atoms with E-state index in [1.807, 2.05) is 0 Å². The summed E-state index contributed by atoms with van der Waals surface area (Å²) in [5.74, 6) is -0.213. The summed E-state index contributed by atoms with van der Waals surface area (Å²) >= 11 is 0. The number of hydrogen-bond donors (Lipinski definition) is 0. The zero-order valence-corrected chi connectivity index (χ0v) is 15.0. The van der Waals surface area contributed by atoms with Crippen LogP contribution in [-0.4, -0.2) is 0 Å². The van der Waals surface area contributed by atoms with Gasteiger partial charge >= 0.3 is 0 Å². The molecule has 0 amide bonds. The number of rotatable bonds is 2. The Balaban J connectivity index is 1.38. The SMILES string of the molecule is Fc1cc2c(c(F)c1F)CCC(C1CCC(C3CCCCC3)CC1)C2. The summed E-state index contributed by atoms with van der Waals surface area (Å²) in [6.07, 6.45) is 14.5. The zero-order valence-electron chi connectivity index (χ0n) is 15.0. The highest BCUT2D eigenvalue weighted by Crippen LogP contribution is 2.44. The summed E-state index contributed by atoms with van der Waals surface area (Å²) in [5, 5.41) is 0. The van der Waals surface area contributed by atoms with Crippen LogP contribution in [0.2, 0.25) is 0 Å². The second-order valence-electron chi connectivity index (χ2n) is 8.70. The van der Waals surface area contributed by atoms with Gasteiger partial charge in [-0.15, -0.1) is 0 Å². The maximum absolute atomic E-state index is 14.0. The van der Waals surface area contributed by atoms with Crippen LogP contribution in [0.3, 0.4) is 0 Å². The number of benzene rings is 1. The summed E-state index contributed by atoms with van der Waals surface area (Å²) in [7, 11) is 0. The summed E-state index contributed by atoms with van der Waals surface area (Å²) < 4.78 is 41.0. The summed E-state index contributed by atoms with van der Waals surface area (Å²) in [6, 6.07) is 1.24. The van der Waals surface area contributed by atoms with E-state index in [0.717, 1.165) is 24.7 Å². The number of fused-ring (bicyclic) bond motifs is 1. The molecule has 2 saturated carbocycles. The molecule has 0 radical (unpaired) electrons. The Hall–Kier alpha value is -0.990. The molecule has 1 unspecified atom stereocenters. The lowest BCUT2D eigenvalue weighted by molar-refractivity contribution is 0.133. The minimum atomic E-state index is -1.30. The van der Waals surface area contributed by atoms with Crippen LogP contribution in [0.5, 0.6) is 0 Å². The van der Waals surface area contributed by atoms with Gasteiger partial charge in [0.1, 0.15) is 0 Å². The lowest BCUT2D eigenvalue weighted by Crippen LogP contribution is -2.30. The molecule has 0 saturated heterocycles. The summed E-state index contributed by atoms with van der Waals surface area (Å²) in [6.45, 7) is 0. The first-order valence-corrected chi connectivity index (χ1v) is 10.3. The molecule has 3 aliphatic carbocycles. The van der Waals surface area contributed by atoms with Crippen molar-refractivity contribution in [3.05, 3.63) is 34.6 Å². The Bertz CT molecular complexity index is 610. The van der Waals surface area contributed by atoms with Crippen LogP contribution in [-0.2, 0) is 12.8 Å². The highest BCUT2D eigenvalue weighted by Gasteiger charge is 2.34. The van der Waals surface area contributed by atoms with E-state index >= 15 is 0 Å². The summed E-state index contributed by atoms with van der Waals surface area (Å²) in [4.78, 5) is 0. The smallest absolute Gasteiger partial charge is 0.194 e. The third-order valence-corrected chi connectivity index (χ3v) is 7.40. The monoisotopic (exact) mass is 350 g/mol. The van der Waals surface area contributed by atoms with Crippen LogP contribution in [0.4, 0.5) is 13.2 Å². The Labute approximate surface area is 149 Å². The zero-order chi connectivity index (χ0) is 17.4. The van der Waals surface area contributed by atoms with Crippen molar-refractivity contribution in [1.82, 2.24) is 0 Å². The van der Waals surface area contributed by atoms with E-state index in [2.05, 4.69) is 0 Å². The summed E-state index contributed by atoms with van der Waals surface area (Å²) in [5.41, 5.74) is 1.13. The van der Waals surface area contributed by atoms with Crippen LogP contribution in [0.25, 0.3) is 0 Å². The van der Waals surface area contributed by atoms with Gasteiger partial charge in [0, 0.05) is 0 Å². The molecule has 1 aromatic rings. The van der Waals surface area contributed by atoms with Crippen LogP contribution in [0.1, 0.15) is 75.3 Å². The molecule has 0 heterocycles. The molecule has 0 N–H and O–H groups in total. The van der Waals surface area contributed by atoms with Gasteiger partial charge < -0.3 is 0 Å². The Morgan fingerprint density at radius 2 is 1.24 bits per heavy atom. The van der Waals surface area contributed by atoms with Gasteiger partial charge in [0.25, 0.3) is 0 Å². The van der Waals surface area contributed by atoms with Crippen molar-refractivity contribution in [2.45, 2.75) is 77.0 Å². The normalized spacial score (nSPS) is 30.9. The van der Waals surface area contributed by atoms with E-state index in [0.29, 0.717) is 29.4 Å². The number of hydrogen-bond acceptors (Lipinski definition) is 0. The third-order valence-electron chi connectivity index (χ3n) is 7.40. The van der Waals surface area contributed by atoms with Crippen LogP contribution >= 0.6 is 0 Å². The predicted molar refractivity (Wildman–Crippen MR) is 93.9 cm³/mol. The molecule has 0 aromatic heterocycles. The Morgan fingerprint density at radius 1 is 0.640 bits per heavy atom. The number of halogens is 3. The van der Waals surface area contributed by atoms with Crippen molar-refractivity contribution >= 4 is 0 Å². The average molecular weight is 350 g/mol. The third kappa shape index (κ3) is 3.48. The fourth-order valence-corrected chi connectivity index (χ4v) is 5.94. The molecule has 0 aliphatic heterocycles. The molecule has 0 nitrogen and oxygen atoms in total. The van der Waals surface area contributed by atoms with Crippen molar-refractivity contribution < 1.29 is 13.2 Å². The van der Waals surface area contributed by atoms with Gasteiger partial charge in [-0.05, 0) is 85.8 Å². The second-order valence-corrected chi connectivity index (χ2v) is 8.70. The minimum absolute atomic E-state index is 0.422. The van der Waals surface area contributed by atoms with Crippen LogP contribution < -0.4 is 0 Å². The van der Waals surface area contributed by atoms with E-state index in [9.17, 15) is 13.2 Å². The van der Waals surface area contributed by atoms with Crippen LogP contribution in [0, 0.1) is 41.1 Å². The first kappa shape index (κ1) is 17.4. The van der Waals surface area contributed by atoms with Gasteiger partial charge in [-0.25, -0.2) is 13.2 Å². The Morgan fingerprint density at radius 3 is 1.92 bits per heavy atom. The molecule has 0 bridgehead atoms. The highest BCUT2D eigenvalue weighted by molar-refractivity contribution is 5.33. The standard InChI is InChI=1S/C22H29F3/c23-20-13-18-12-17(10-11-19(18)21(24)22(20)25)16-8-6-15(7-9-16)14-4-2-1-3-5-14/h13-17H,1-12H2. The van der Waals surface area contributed by atoms with Gasteiger partial charge in [0.15, 0.2) is 17.5 Å². The van der Waals surface area contributed by atoms with E-state index in [1.165, 1.54) is 63.9 Å². The molecule has 25 heavy (non-hydrogen) atoms. The van der Waals surface area contributed by atoms with Crippen molar-refractivity contribution in [2.75, 3.05) is 0 Å².